The van der Waals surface area contributed by atoms with E-state index in [2.05, 4.69) is 26.0 Å². The van der Waals surface area contributed by atoms with E-state index in [1.54, 1.807) is 24.3 Å². The smallest absolute Gasteiger partial charge is 0.255 e. The molecule has 0 unspecified atom stereocenters. The zero-order valence-corrected chi connectivity index (χ0v) is 16.6. The monoisotopic (exact) mass is 424 g/mol. The number of anilines is 2. The van der Waals surface area contributed by atoms with Crippen molar-refractivity contribution in [1.82, 2.24) is 0 Å². The van der Waals surface area contributed by atoms with Gasteiger partial charge in [0.05, 0.1) is 5.75 Å². The van der Waals surface area contributed by atoms with Gasteiger partial charge in [0.25, 0.3) is 5.91 Å². The predicted molar refractivity (Wildman–Crippen MR) is 106 cm³/mol. The molecule has 0 bridgehead atoms. The fraction of sp³-hybridized carbons (Fsp3) is 0.278. The summed E-state index contributed by atoms with van der Waals surface area (Å²) in [5.41, 5.74) is 2.63. The van der Waals surface area contributed by atoms with Crippen LogP contribution in [-0.4, -0.2) is 20.1 Å². The summed E-state index contributed by atoms with van der Waals surface area (Å²) in [5, 5.41) is 2.82. The van der Waals surface area contributed by atoms with Crippen LogP contribution >= 0.6 is 15.9 Å². The molecule has 25 heavy (non-hydrogen) atoms. The molecule has 0 aliphatic heterocycles. The highest BCUT2D eigenvalue weighted by molar-refractivity contribution is 9.10. The molecule has 0 saturated carbocycles. The van der Waals surface area contributed by atoms with Crippen LogP contribution in [0.15, 0.2) is 46.9 Å². The SMILES string of the molecule is CCCCS(=O)(=O)Nc1ccc(C(=O)Nc2ccc(Br)c(C)c2)cc1. The molecule has 0 aliphatic rings. The molecule has 1 amide bonds. The largest absolute Gasteiger partial charge is 0.322 e. The Labute approximate surface area is 157 Å². The lowest BCUT2D eigenvalue weighted by atomic mass is 10.2. The number of sulfonamides is 1. The molecule has 0 saturated heterocycles. The Morgan fingerprint density at radius 2 is 1.72 bits per heavy atom. The summed E-state index contributed by atoms with van der Waals surface area (Å²) >= 11 is 3.42. The Hall–Kier alpha value is -1.86. The maximum atomic E-state index is 12.3. The van der Waals surface area contributed by atoms with Gasteiger partial charge in [-0.25, -0.2) is 8.42 Å². The van der Waals surface area contributed by atoms with Crippen LogP contribution in [0.1, 0.15) is 35.7 Å². The number of nitrogens with one attached hydrogen (secondary N) is 2. The second-order valence-electron chi connectivity index (χ2n) is 5.77. The van der Waals surface area contributed by atoms with Gasteiger partial charge in [0, 0.05) is 21.4 Å². The van der Waals surface area contributed by atoms with Crippen LogP contribution in [-0.2, 0) is 10.0 Å². The Bertz CT molecular complexity index is 849. The standard InChI is InChI=1S/C18H21BrN2O3S/c1-3-4-11-25(23,24)21-15-7-5-14(6-8-15)18(22)20-16-9-10-17(19)13(2)12-16/h5-10,12,21H,3-4,11H2,1-2H3,(H,20,22). The minimum atomic E-state index is -3.34. The molecular weight excluding hydrogens is 404 g/mol. The zero-order chi connectivity index (χ0) is 18.4. The third-order valence-electron chi connectivity index (χ3n) is 3.60. The molecule has 0 aromatic heterocycles. The van der Waals surface area contributed by atoms with Gasteiger partial charge in [-0.2, -0.15) is 0 Å². The summed E-state index contributed by atoms with van der Waals surface area (Å²) in [6.45, 7) is 3.88. The van der Waals surface area contributed by atoms with E-state index in [0.717, 1.165) is 16.5 Å². The van der Waals surface area contributed by atoms with Crippen molar-refractivity contribution in [2.24, 2.45) is 0 Å². The van der Waals surface area contributed by atoms with Crippen molar-refractivity contribution in [2.45, 2.75) is 26.7 Å². The van der Waals surface area contributed by atoms with Crippen molar-refractivity contribution in [3.63, 3.8) is 0 Å². The molecule has 0 heterocycles. The molecule has 0 aliphatic carbocycles. The molecule has 134 valence electrons. The highest BCUT2D eigenvalue weighted by Crippen LogP contribution is 2.21. The number of amides is 1. The van der Waals surface area contributed by atoms with E-state index in [1.165, 1.54) is 0 Å². The average molecular weight is 425 g/mol. The minimum absolute atomic E-state index is 0.0919. The first-order chi connectivity index (χ1) is 11.8. The van der Waals surface area contributed by atoms with Crippen molar-refractivity contribution in [2.75, 3.05) is 15.8 Å². The molecule has 5 nitrogen and oxygen atoms in total. The molecule has 2 aromatic rings. The van der Waals surface area contributed by atoms with Gasteiger partial charge in [-0.15, -0.1) is 0 Å². The van der Waals surface area contributed by atoms with E-state index in [-0.39, 0.29) is 11.7 Å². The highest BCUT2D eigenvalue weighted by Gasteiger charge is 2.11. The first kappa shape index (κ1) is 19.5. The van der Waals surface area contributed by atoms with Crippen LogP contribution in [0.4, 0.5) is 11.4 Å². The van der Waals surface area contributed by atoms with Crippen molar-refractivity contribution in [1.29, 1.82) is 0 Å². The van der Waals surface area contributed by atoms with E-state index < -0.39 is 10.0 Å². The zero-order valence-electron chi connectivity index (χ0n) is 14.2. The van der Waals surface area contributed by atoms with Crippen LogP contribution in [0.25, 0.3) is 0 Å². The minimum Gasteiger partial charge on any atom is -0.322 e. The maximum Gasteiger partial charge on any atom is 0.255 e. The van der Waals surface area contributed by atoms with Crippen LogP contribution in [0.3, 0.4) is 0 Å². The molecular formula is C18H21BrN2O3S. The summed E-state index contributed by atoms with van der Waals surface area (Å²) < 4.78 is 27.3. The quantitative estimate of drug-likeness (QED) is 0.684. The van der Waals surface area contributed by atoms with Crippen LogP contribution in [0.5, 0.6) is 0 Å². The van der Waals surface area contributed by atoms with Crippen LogP contribution in [0, 0.1) is 6.92 Å². The van der Waals surface area contributed by atoms with E-state index in [1.807, 2.05) is 32.0 Å². The average Bonchev–Trinajstić information content (AvgIpc) is 2.56. The topological polar surface area (TPSA) is 75.3 Å². The lowest BCUT2D eigenvalue weighted by molar-refractivity contribution is 0.102. The molecule has 2 N–H and O–H groups in total. The summed E-state index contributed by atoms with van der Waals surface area (Å²) in [6.07, 6.45) is 1.43. The molecule has 0 fully saturated rings. The number of hydrogen-bond acceptors (Lipinski definition) is 3. The number of carbonyl (C=O) groups excluding carboxylic acids is 1. The summed E-state index contributed by atoms with van der Waals surface area (Å²) in [4.78, 5) is 12.3. The van der Waals surface area contributed by atoms with Crippen molar-refractivity contribution in [3.05, 3.63) is 58.1 Å². The maximum absolute atomic E-state index is 12.3. The third-order valence-corrected chi connectivity index (χ3v) is 5.87. The van der Waals surface area contributed by atoms with Crippen LogP contribution < -0.4 is 10.0 Å². The number of halogens is 1. The molecule has 7 heteroatoms. The van der Waals surface area contributed by atoms with E-state index >= 15 is 0 Å². The summed E-state index contributed by atoms with van der Waals surface area (Å²) in [7, 11) is -3.34. The fourth-order valence-electron chi connectivity index (χ4n) is 2.18. The van der Waals surface area contributed by atoms with Crippen molar-refractivity contribution in [3.8, 4) is 0 Å². The second kappa shape index (κ2) is 8.49. The number of rotatable bonds is 7. The Morgan fingerprint density at radius 3 is 2.32 bits per heavy atom. The van der Waals surface area contributed by atoms with Gasteiger partial charge in [0.2, 0.25) is 10.0 Å². The Kier molecular flexibility index (Phi) is 6.61. The van der Waals surface area contributed by atoms with Crippen LogP contribution in [0.2, 0.25) is 0 Å². The normalized spacial score (nSPS) is 11.2. The number of aryl methyl sites for hydroxylation is 1. The van der Waals surface area contributed by atoms with Gasteiger partial charge in [-0.05, 0) is 61.4 Å². The van der Waals surface area contributed by atoms with Gasteiger partial charge >= 0.3 is 0 Å². The van der Waals surface area contributed by atoms with E-state index in [9.17, 15) is 13.2 Å². The third kappa shape index (κ3) is 5.86. The number of carbonyl (C=O) groups is 1. The molecule has 2 rings (SSSR count). The number of hydrogen-bond donors (Lipinski definition) is 2. The van der Waals surface area contributed by atoms with Gasteiger partial charge in [0.1, 0.15) is 0 Å². The lowest BCUT2D eigenvalue weighted by Crippen LogP contribution is -2.17. The fourth-order valence-corrected chi connectivity index (χ4v) is 3.69. The molecule has 0 radical (unpaired) electrons. The number of unbranched alkanes of at least 4 members (excludes halogenated alkanes) is 1. The van der Waals surface area contributed by atoms with Gasteiger partial charge in [-0.3, -0.25) is 9.52 Å². The first-order valence-electron chi connectivity index (χ1n) is 7.99. The first-order valence-corrected chi connectivity index (χ1v) is 10.4. The van der Waals surface area contributed by atoms with E-state index in [4.69, 9.17) is 0 Å². The highest BCUT2D eigenvalue weighted by atomic mass is 79.9. The van der Waals surface area contributed by atoms with Crippen molar-refractivity contribution < 1.29 is 13.2 Å². The van der Waals surface area contributed by atoms with Crippen molar-refractivity contribution >= 4 is 43.2 Å². The Morgan fingerprint density at radius 1 is 1.08 bits per heavy atom. The molecule has 0 atom stereocenters. The van der Waals surface area contributed by atoms with Gasteiger partial charge in [0.15, 0.2) is 0 Å². The predicted octanol–water partition coefficient (Wildman–Crippen LogP) is 4.55. The second-order valence-corrected chi connectivity index (χ2v) is 8.47. The van der Waals surface area contributed by atoms with Gasteiger partial charge in [-0.1, -0.05) is 29.3 Å². The number of benzene rings is 2. The molecule has 0 spiro atoms. The lowest BCUT2D eigenvalue weighted by Gasteiger charge is -2.09. The van der Waals surface area contributed by atoms with E-state index in [0.29, 0.717) is 23.4 Å². The Balaban J connectivity index is 2.03. The van der Waals surface area contributed by atoms with Gasteiger partial charge < -0.3 is 5.32 Å². The summed E-state index contributed by atoms with van der Waals surface area (Å²) in [5.74, 6) is -0.156. The summed E-state index contributed by atoms with van der Waals surface area (Å²) in [6, 6.07) is 11.9. The molecule has 2 aromatic carbocycles.